The molecule has 3 N–H and O–H groups in total. The molecular weight excluding hydrogens is 359 g/mol. The lowest BCUT2D eigenvalue weighted by molar-refractivity contribution is -0.264. The molecule has 2 atom stereocenters. The van der Waals surface area contributed by atoms with Crippen molar-refractivity contribution >= 4 is 0 Å². The summed E-state index contributed by atoms with van der Waals surface area (Å²) in [6.45, 7) is 5.04. The minimum absolute atomic E-state index is 0.144. The van der Waals surface area contributed by atoms with Gasteiger partial charge in [0.15, 0.2) is 5.82 Å². The average Bonchev–Trinajstić information content (AvgIpc) is 3.14. The van der Waals surface area contributed by atoms with Crippen LogP contribution >= 0.6 is 0 Å². The van der Waals surface area contributed by atoms with Crippen LogP contribution in [-0.4, -0.2) is 34.2 Å². The summed E-state index contributed by atoms with van der Waals surface area (Å²) in [6, 6.07) is 10.0. The minimum atomic E-state index is -0.642. The normalized spacial score (nSPS) is 21.6. The number of aromatic nitrogens is 3. The van der Waals surface area contributed by atoms with Crippen LogP contribution in [0.25, 0.3) is 22.5 Å². The Morgan fingerprint density at radius 2 is 1.86 bits per heavy atom. The summed E-state index contributed by atoms with van der Waals surface area (Å²) in [5.41, 5.74) is 8.93. The number of nitrogens with one attached hydrogen (secondary N) is 1. The highest BCUT2D eigenvalue weighted by Gasteiger charge is 2.39. The summed E-state index contributed by atoms with van der Waals surface area (Å²) >= 11 is 0. The zero-order chi connectivity index (χ0) is 19.7. The van der Waals surface area contributed by atoms with Crippen LogP contribution in [0.3, 0.4) is 0 Å². The number of rotatable bonds is 4. The van der Waals surface area contributed by atoms with Gasteiger partial charge >= 0.3 is 0 Å². The molecule has 1 saturated heterocycles. The van der Waals surface area contributed by atoms with Gasteiger partial charge in [0, 0.05) is 35.5 Å². The van der Waals surface area contributed by atoms with E-state index >= 15 is 0 Å². The van der Waals surface area contributed by atoms with Crippen molar-refractivity contribution in [1.82, 2.24) is 15.0 Å². The second kappa shape index (κ2) is 7.43. The van der Waals surface area contributed by atoms with Gasteiger partial charge in [0.2, 0.25) is 6.29 Å². The zero-order valence-electron chi connectivity index (χ0n) is 15.9. The van der Waals surface area contributed by atoms with Crippen molar-refractivity contribution < 1.29 is 13.9 Å². The zero-order valence-corrected chi connectivity index (χ0v) is 15.9. The molecule has 1 aromatic carbocycles. The molecule has 0 amide bonds. The van der Waals surface area contributed by atoms with Crippen molar-refractivity contribution in [3.05, 3.63) is 60.4 Å². The fourth-order valence-electron chi connectivity index (χ4n) is 3.32. The largest absolute Gasteiger partial charge is 0.345 e. The van der Waals surface area contributed by atoms with E-state index in [4.69, 9.17) is 20.2 Å². The number of H-pyrrole nitrogens is 1. The topological polar surface area (TPSA) is 86.0 Å². The number of benzene rings is 1. The summed E-state index contributed by atoms with van der Waals surface area (Å²) in [7, 11) is 0. The molecule has 0 saturated carbocycles. The molecule has 0 radical (unpaired) electrons. The summed E-state index contributed by atoms with van der Waals surface area (Å²) in [5, 5.41) is 0. The van der Waals surface area contributed by atoms with Crippen molar-refractivity contribution in [2.24, 2.45) is 11.1 Å². The highest BCUT2D eigenvalue weighted by Crippen LogP contribution is 2.38. The molecule has 3 heterocycles. The number of aromatic amines is 1. The van der Waals surface area contributed by atoms with Gasteiger partial charge in [-0.2, -0.15) is 0 Å². The number of imidazole rings is 1. The lowest BCUT2D eigenvalue weighted by Crippen LogP contribution is -2.46. The smallest absolute Gasteiger partial charge is 0.217 e. The van der Waals surface area contributed by atoms with Crippen LogP contribution in [0.4, 0.5) is 4.39 Å². The number of nitrogens with zero attached hydrogens (tertiary/aromatic N) is 2. The molecule has 2 unspecified atom stereocenters. The maximum absolute atomic E-state index is 13.4. The maximum atomic E-state index is 13.4. The van der Waals surface area contributed by atoms with E-state index in [0.717, 1.165) is 16.8 Å². The predicted octanol–water partition coefficient (Wildman–Crippen LogP) is 3.68. The third-order valence-corrected chi connectivity index (χ3v) is 5.01. The van der Waals surface area contributed by atoms with Crippen LogP contribution in [0, 0.1) is 11.2 Å². The van der Waals surface area contributed by atoms with Gasteiger partial charge in [-0.25, -0.2) is 9.37 Å². The lowest BCUT2D eigenvalue weighted by Gasteiger charge is -2.40. The van der Waals surface area contributed by atoms with Gasteiger partial charge < -0.3 is 20.2 Å². The molecule has 0 bridgehead atoms. The monoisotopic (exact) mass is 382 g/mol. The molecule has 6 nitrogen and oxygen atoms in total. The van der Waals surface area contributed by atoms with Gasteiger partial charge in [0.05, 0.1) is 24.1 Å². The fourth-order valence-corrected chi connectivity index (χ4v) is 3.32. The van der Waals surface area contributed by atoms with E-state index in [-0.39, 0.29) is 17.3 Å². The Kier molecular flexibility index (Phi) is 4.97. The molecule has 2 aromatic heterocycles. The van der Waals surface area contributed by atoms with E-state index in [1.54, 1.807) is 24.5 Å². The van der Waals surface area contributed by atoms with Crippen molar-refractivity contribution in [2.45, 2.75) is 26.2 Å². The number of ether oxygens (including phenoxy) is 2. The van der Waals surface area contributed by atoms with E-state index in [9.17, 15) is 4.39 Å². The molecule has 28 heavy (non-hydrogen) atoms. The number of hydrogen-bond acceptors (Lipinski definition) is 5. The molecule has 0 spiro atoms. The average molecular weight is 382 g/mol. The van der Waals surface area contributed by atoms with Gasteiger partial charge in [-0.3, -0.25) is 4.98 Å². The Bertz CT molecular complexity index is 941. The van der Waals surface area contributed by atoms with Crippen LogP contribution in [0.1, 0.15) is 26.0 Å². The Labute approximate surface area is 162 Å². The molecule has 7 heteroatoms. The van der Waals surface area contributed by atoms with Gasteiger partial charge in [0.1, 0.15) is 5.82 Å². The van der Waals surface area contributed by atoms with Crippen LogP contribution < -0.4 is 5.73 Å². The molecule has 1 aliphatic heterocycles. The van der Waals surface area contributed by atoms with Crippen molar-refractivity contribution in [1.29, 1.82) is 0 Å². The Hall–Kier alpha value is -2.61. The van der Waals surface area contributed by atoms with Gasteiger partial charge in [-0.15, -0.1) is 0 Å². The molecule has 1 aliphatic rings. The molecule has 146 valence electrons. The summed E-state index contributed by atoms with van der Waals surface area (Å²) < 4.78 is 25.4. The highest BCUT2D eigenvalue weighted by molar-refractivity contribution is 5.78. The van der Waals surface area contributed by atoms with Crippen molar-refractivity contribution in [2.75, 3.05) is 13.2 Å². The summed E-state index contributed by atoms with van der Waals surface area (Å²) in [5.74, 6) is 0.261. The van der Waals surface area contributed by atoms with E-state index in [1.807, 2.05) is 12.1 Å². The highest BCUT2D eigenvalue weighted by atomic mass is 19.1. The Morgan fingerprint density at radius 3 is 2.54 bits per heavy atom. The van der Waals surface area contributed by atoms with Crippen LogP contribution in [0.2, 0.25) is 0 Å². The van der Waals surface area contributed by atoms with Gasteiger partial charge in [-0.1, -0.05) is 13.8 Å². The van der Waals surface area contributed by atoms with Gasteiger partial charge in [-0.05, 0) is 36.4 Å². The van der Waals surface area contributed by atoms with E-state index in [1.165, 1.54) is 12.1 Å². The van der Waals surface area contributed by atoms with Crippen LogP contribution in [0.15, 0.2) is 48.8 Å². The lowest BCUT2D eigenvalue weighted by atomic mass is 9.86. The maximum Gasteiger partial charge on any atom is 0.217 e. The van der Waals surface area contributed by atoms with Crippen molar-refractivity contribution in [3.63, 3.8) is 0 Å². The predicted molar refractivity (Wildman–Crippen MR) is 104 cm³/mol. The summed E-state index contributed by atoms with van der Waals surface area (Å²) in [4.78, 5) is 12.1. The quantitative estimate of drug-likeness (QED) is 0.719. The SMILES string of the molecule is CC1(C)COC(c2nc(-c3ccc(F)cc3)c(-c3ccncc3)[nH]2)OC1CN. The second-order valence-electron chi connectivity index (χ2n) is 7.58. The Morgan fingerprint density at radius 1 is 1.14 bits per heavy atom. The van der Waals surface area contributed by atoms with E-state index < -0.39 is 6.29 Å². The fraction of sp³-hybridized carbons (Fsp3) is 0.333. The standard InChI is InChI=1S/C21H23FN4O2/c1-21(2)12-27-20(28-16(21)11-23)19-25-17(13-3-5-15(22)6-4-13)18(26-19)14-7-9-24-10-8-14/h3-10,16,20H,11-12,23H2,1-2H3,(H,25,26). The first-order chi connectivity index (χ1) is 13.5. The number of halogens is 1. The van der Waals surface area contributed by atoms with E-state index in [2.05, 4.69) is 23.8 Å². The number of nitrogens with two attached hydrogens (primary N) is 1. The van der Waals surface area contributed by atoms with E-state index in [0.29, 0.717) is 24.7 Å². The van der Waals surface area contributed by atoms with Crippen LogP contribution in [-0.2, 0) is 9.47 Å². The first-order valence-electron chi connectivity index (χ1n) is 9.21. The molecular formula is C21H23FN4O2. The molecule has 4 rings (SSSR count). The summed E-state index contributed by atoms with van der Waals surface area (Å²) in [6.07, 6.45) is 2.64. The molecule has 3 aromatic rings. The number of pyridine rings is 1. The number of hydrogen-bond donors (Lipinski definition) is 2. The third-order valence-electron chi connectivity index (χ3n) is 5.01. The first kappa shape index (κ1) is 18.7. The second-order valence-corrected chi connectivity index (χ2v) is 7.58. The Balaban J connectivity index is 1.75. The van der Waals surface area contributed by atoms with Crippen LogP contribution in [0.5, 0.6) is 0 Å². The molecule has 0 aliphatic carbocycles. The van der Waals surface area contributed by atoms with Gasteiger partial charge in [0.25, 0.3) is 0 Å². The molecule has 1 fully saturated rings. The third kappa shape index (κ3) is 3.56. The van der Waals surface area contributed by atoms with Crippen molar-refractivity contribution in [3.8, 4) is 22.5 Å². The first-order valence-corrected chi connectivity index (χ1v) is 9.21. The minimum Gasteiger partial charge on any atom is -0.345 e.